The van der Waals surface area contributed by atoms with Crippen LogP contribution in [0.2, 0.25) is 0 Å². The summed E-state index contributed by atoms with van der Waals surface area (Å²) in [4.78, 5) is 35.1. The Morgan fingerprint density at radius 2 is 2.11 bits per heavy atom. The highest BCUT2D eigenvalue weighted by Gasteiger charge is 2.19. The lowest BCUT2D eigenvalue weighted by Crippen LogP contribution is -2.38. The van der Waals surface area contributed by atoms with Crippen molar-refractivity contribution in [2.75, 3.05) is 20.1 Å². The van der Waals surface area contributed by atoms with E-state index in [1.54, 1.807) is 0 Å². The van der Waals surface area contributed by atoms with E-state index in [1.165, 1.54) is 7.05 Å². The first-order valence-corrected chi connectivity index (χ1v) is 5.79. The molecule has 0 unspecified atom stereocenters. The highest BCUT2D eigenvalue weighted by molar-refractivity contribution is 5.96. The molecule has 2 amide bonds. The van der Waals surface area contributed by atoms with Crippen molar-refractivity contribution >= 4 is 17.8 Å². The van der Waals surface area contributed by atoms with Gasteiger partial charge in [-0.05, 0) is 6.42 Å². The molecule has 2 N–H and O–H groups in total. The molecule has 0 radical (unpaired) electrons. The van der Waals surface area contributed by atoms with E-state index in [1.807, 2.05) is 6.92 Å². The van der Waals surface area contributed by atoms with Gasteiger partial charge in [-0.3, -0.25) is 9.59 Å². The Hall–Kier alpha value is -2.31. The zero-order chi connectivity index (χ0) is 14.4. The van der Waals surface area contributed by atoms with E-state index in [0.717, 1.165) is 23.7 Å². The summed E-state index contributed by atoms with van der Waals surface area (Å²) in [5.41, 5.74) is -0.104. The van der Waals surface area contributed by atoms with Crippen molar-refractivity contribution in [2.24, 2.45) is 0 Å². The van der Waals surface area contributed by atoms with Gasteiger partial charge in [0.15, 0.2) is 5.76 Å². The number of hydrogen-bond donors (Lipinski definition) is 2. The molecular formula is C12H16N2O5. The average Bonchev–Trinajstić information content (AvgIpc) is 2.84. The number of furan rings is 1. The van der Waals surface area contributed by atoms with Gasteiger partial charge in [-0.2, -0.15) is 0 Å². The van der Waals surface area contributed by atoms with Crippen molar-refractivity contribution in [2.45, 2.75) is 13.3 Å². The average molecular weight is 268 g/mol. The molecule has 0 spiro atoms. The fourth-order valence-corrected chi connectivity index (χ4v) is 1.36. The van der Waals surface area contributed by atoms with Crippen LogP contribution < -0.4 is 5.32 Å². The lowest BCUT2D eigenvalue weighted by Gasteiger charge is -2.14. The zero-order valence-corrected chi connectivity index (χ0v) is 10.8. The number of carboxylic acids is 1. The fraction of sp³-hybridized carbons (Fsp3) is 0.417. The normalized spacial score (nSPS) is 10.0. The molecule has 0 aromatic carbocycles. The predicted molar refractivity (Wildman–Crippen MR) is 65.9 cm³/mol. The minimum Gasteiger partial charge on any atom is -0.478 e. The summed E-state index contributed by atoms with van der Waals surface area (Å²) in [5, 5.41) is 11.3. The minimum atomic E-state index is -1.17. The van der Waals surface area contributed by atoms with Crippen LogP contribution in [0.1, 0.15) is 34.3 Å². The van der Waals surface area contributed by atoms with E-state index in [4.69, 9.17) is 9.52 Å². The largest absolute Gasteiger partial charge is 0.478 e. The van der Waals surface area contributed by atoms with Gasteiger partial charge in [-0.25, -0.2) is 4.79 Å². The Balaban J connectivity index is 2.60. The fourth-order valence-electron chi connectivity index (χ4n) is 1.36. The second kappa shape index (κ2) is 6.58. The monoisotopic (exact) mass is 268 g/mol. The Labute approximate surface area is 110 Å². The standard InChI is InChI=1S/C12H16N2O5/c1-3-4-13-10(15)6-14(2)11(16)9-5-8(7-19-9)12(17)18/h5,7H,3-4,6H2,1-2H3,(H,13,15)(H,17,18). The minimum absolute atomic E-state index is 0.104. The summed E-state index contributed by atoms with van der Waals surface area (Å²) in [7, 11) is 1.44. The molecule has 0 atom stereocenters. The van der Waals surface area contributed by atoms with Crippen LogP contribution in [0.4, 0.5) is 0 Å². The lowest BCUT2D eigenvalue weighted by molar-refractivity contribution is -0.121. The van der Waals surface area contributed by atoms with Gasteiger partial charge >= 0.3 is 5.97 Å². The highest BCUT2D eigenvalue weighted by Crippen LogP contribution is 2.10. The molecule has 1 rings (SSSR count). The number of nitrogens with zero attached hydrogens (tertiary/aromatic N) is 1. The summed E-state index contributed by atoms with van der Waals surface area (Å²) in [5.74, 6) is -2.10. The Morgan fingerprint density at radius 3 is 2.63 bits per heavy atom. The second-order valence-corrected chi connectivity index (χ2v) is 4.02. The van der Waals surface area contributed by atoms with Gasteiger partial charge in [0.25, 0.3) is 5.91 Å². The van der Waals surface area contributed by atoms with E-state index in [9.17, 15) is 14.4 Å². The molecule has 0 aliphatic rings. The molecule has 1 aromatic heterocycles. The van der Waals surface area contributed by atoms with Gasteiger partial charge in [0.1, 0.15) is 6.26 Å². The van der Waals surface area contributed by atoms with Crippen molar-refractivity contribution in [3.8, 4) is 0 Å². The molecule has 7 nitrogen and oxygen atoms in total. The van der Waals surface area contributed by atoms with Crippen LogP contribution in [0.15, 0.2) is 16.7 Å². The number of nitrogens with one attached hydrogen (secondary N) is 1. The number of carboxylic acid groups (broad SMARTS) is 1. The topological polar surface area (TPSA) is 99.9 Å². The molecule has 0 fully saturated rings. The first kappa shape index (κ1) is 14.7. The van der Waals surface area contributed by atoms with Crippen molar-refractivity contribution in [1.82, 2.24) is 10.2 Å². The number of carbonyl (C=O) groups excluding carboxylic acids is 2. The highest BCUT2D eigenvalue weighted by atomic mass is 16.4. The van der Waals surface area contributed by atoms with Crippen LogP contribution in [0.5, 0.6) is 0 Å². The van der Waals surface area contributed by atoms with Crippen LogP contribution in [0, 0.1) is 0 Å². The third kappa shape index (κ3) is 4.13. The van der Waals surface area contributed by atoms with Crippen molar-refractivity contribution in [1.29, 1.82) is 0 Å². The molecule has 19 heavy (non-hydrogen) atoms. The van der Waals surface area contributed by atoms with E-state index in [-0.39, 0.29) is 23.8 Å². The summed E-state index contributed by atoms with van der Waals surface area (Å²) in [6.07, 6.45) is 1.80. The van der Waals surface area contributed by atoms with E-state index >= 15 is 0 Å². The van der Waals surface area contributed by atoms with Crippen molar-refractivity contribution in [3.63, 3.8) is 0 Å². The molecule has 7 heteroatoms. The van der Waals surface area contributed by atoms with Crippen LogP contribution in [0.3, 0.4) is 0 Å². The molecule has 104 valence electrons. The molecule has 0 bridgehead atoms. The summed E-state index contributed by atoms with van der Waals surface area (Å²) in [6.45, 7) is 2.36. The number of amides is 2. The van der Waals surface area contributed by atoms with Gasteiger partial charge in [0.05, 0.1) is 12.1 Å². The van der Waals surface area contributed by atoms with Gasteiger partial charge in [-0.1, -0.05) is 6.92 Å². The van der Waals surface area contributed by atoms with E-state index in [0.29, 0.717) is 6.54 Å². The summed E-state index contributed by atoms with van der Waals surface area (Å²) >= 11 is 0. The Bertz CT molecular complexity index is 480. The first-order valence-electron chi connectivity index (χ1n) is 5.79. The lowest BCUT2D eigenvalue weighted by atomic mass is 10.3. The van der Waals surface area contributed by atoms with Crippen LogP contribution >= 0.6 is 0 Å². The second-order valence-electron chi connectivity index (χ2n) is 4.02. The first-order chi connectivity index (χ1) is 8.95. The van der Waals surface area contributed by atoms with E-state index < -0.39 is 11.9 Å². The van der Waals surface area contributed by atoms with Gasteiger partial charge in [-0.15, -0.1) is 0 Å². The van der Waals surface area contributed by atoms with Gasteiger partial charge in [0.2, 0.25) is 5.91 Å². The van der Waals surface area contributed by atoms with Crippen LogP contribution in [-0.2, 0) is 4.79 Å². The number of likely N-dealkylation sites (N-methyl/N-ethyl adjacent to an activating group) is 1. The molecule has 0 aliphatic heterocycles. The maximum absolute atomic E-state index is 11.8. The molecule has 0 saturated heterocycles. The number of carbonyl (C=O) groups is 3. The molecule has 1 heterocycles. The van der Waals surface area contributed by atoms with Gasteiger partial charge in [0, 0.05) is 19.7 Å². The third-order valence-corrected chi connectivity index (χ3v) is 2.36. The quantitative estimate of drug-likeness (QED) is 0.786. The Kier molecular flexibility index (Phi) is 5.11. The zero-order valence-electron chi connectivity index (χ0n) is 10.8. The Morgan fingerprint density at radius 1 is 1.42 bits per heavy atom. The summed E-state index contributed by atoms with van der Waals surface area (Å²) < 4.78 is 4.87. The van der Waals surface area contributed by atoms with Crippen molar-refractivity contribution in [3.05, 3.63) is 23.7 Å². The summed E-state index contributed by atoms with van der Waals surface area (Å²) in [6, 6.07) is 1.13. The number of hydrogen-bond acceptors (Lipinski definition) is 4. The molecule has 1 aromatic rings. The molecular weight excluding hydrogens is 252 g/mol. The maximum atomic E-state index is 11.8. The van der Waals surface area contributed by atoms with Crippen LogP contribution in [0.25, 0.3) is 0 Å². The number of aromatic carboxylic acids is 1. The van der Waals surface area contributed by atoms with E-state index in [2.05, 4.69) is 5.32 Å². The third-order valence-electron chi connectivity index (χ3n) is 2.36. The molecule has 0 saturated carbocycles. The molecule has 0 aliphatic carbocycles. The predicted octanol–water partition coefficient (Wildman–Crippen LogP) is 0.576. The smallest absolute Gasteiger partial charge is 0.338 e. The SMILES string of the molecule is CCCNC(=O)CN(C)C(=O)c1cc(C(=O)O)co1. The van der Waals surface area contributed by atoms with Gasteiger partial charge < -0.3 is 19.7 Å². The van der Waals surface area contributed by atoms with Crippen molar-refractivity contribution < 1.29 is 23.9 Å². The number of rotatable bonds is 6. The maximum Gasteiger partial charge on any atom is 0.338 e. The van der Waals surface area contributed by atoms with Crippen LogP contribution in [-0.4, -0.2) is 47.9 Å².